The lowest BCUT2D eigenvalue weighted by atomic mass is 10.3. The number of benzene rings is 1. The number of nitrogens with zero attached hydrogens (tertiary/aromatic N) is 2. The normalized spacial score (nSPS) is 13.1. The maximum absolute atomic E-state index is 13.7. The fraction of sp³-hybridized carbons (Fsp3) is 0.450. The molecule has 166 valence electrons. The van der Waals surface area contributed by atoms with Crippen molar-refractivity contribution in [2.75, 3.05) is 20.2 Å². The Morgan fingerprint density at radius 2 is 2.03 bits per heavy atom. The van der Waals surface area contributed by atoms with Crippen molar-refractivity contribution in [3.63, 3.8) is 0 Å². The minimum atomic E-state index is -0.396. The zero-order valence-electron chi connectivity index (χ0n) is 17.7. The molecule has 2 rings (SSSR count). The van der Waals surface area contributed by atoms with Gasteiger partial charge in [0.05, 0.1) is 24.9 Å². The quantitative estimate of drug-likeness (QED) is 0.223. The van der Waals surface area contributed by atoms with Crippen LogP contribution in [0.5, 0.6) is 5.75 Å². The Morgan fingerprint density at radius 1 is 1.33 bits per heavy atom. The van der Waals surface area contributed by atoms with E-state index in [2.05, 4.69) is 20.6 Å². The van der Waals surface area contributed by atoms with Gasteiger partial charge in [0.2, 0.25) is 0 Å². The fourth-order valence-electron chi connectivity index (χ4n) is 2.49. The first-order valence-electron chi connectivity index (χ1n) is 9.38. The molecule has 2 unspecified atom stereocenters. The Kier molecular flexibility index (Phi) is 11.0. The zero-order chi connectivity index (χ0) is 21.4. The number of hydrogen-bond acceptors (Lipinski definition) is 6. The molecule has 0 spiro atoms. The van der Waals surface area contributed by atoms with Gasteiger partial charge in [0.15, 0.2) is 17.5 Å². The second-order valence-corrected chi connectivity index (χ2v) is 7.40. The molecule has 2 aromatic rings. The van der Waals surface area contributed by atoms with Gasteiger partial charge in [-0.2, -0.15) is 0 Å². The predicted octanol–water partition coefficient (Wildman–Crippen LogP) is 4.08. The molecule has 1 heterocycles. The molecule has 0 aliphatic carbocycles. The van der Waals surface area contributed by atoms with Crippen molar-refractivity contribution >= 4 is 47.2 Å². The summed E-state index contributed by atoms with van der Waals surface area (Å²) >= 11 is 1.30. The minimum absolute atomic E-state index is 0. The molecule has 0 fully saturated rings. The van der Waals surface area contributed by atoms with Gasteiger partial charge in [0.25, 0.3) is 0 Å². The predicted molar refractivity (Wildman–Crippen MR) is 128 cm³/mol. The van der Waals surface area contributed by atoms with Crippen molar-refractivity contribution in [1.29, 1.82) is 0 Å². The van der Waals surface area contributed by atoms with E-state index in [9.17, 15) is 9.18 Å². The number of thiazole rings is 1. The summed E-state index contributed by atoms with van der Waals surface area (Å²) in [5.74, 6) is 0.00416. The van der Waals surface area contributed by atoms with Crippen LogP contribution in [0.15, 0.2) is 29.3 Å². The molecule has 0 bridgehead atoms. The number of aliphatic imine (C=N–C) groups is 1. The first-order chi connectivity index (χ1) is 13.8. The Balaban J connectivity index is 0.00000450. The van der Waals surface area contributed by atoms with Crippen LogP contribution in [-0.2, 0) is 4.74 Å². The molecular formula is C20H28FIN4O3S. The van der Waals surface area contributed by atoms with Crippen LogP contribution in [0.25, 0.3) is 0 Å². The van der Waals surface area contributed by atoms with E-state index in [1.807, 2.05) is 13.8 Å². The number of nitrogens with one attached hydrogen (secondary N) is 2. The van der Waals surface area contributed by atoms with E-state index in [0.717, 1.165) is 5.01 Å². The van der Waals surface area contributed by atoms with Gasteiger partial charge in [0, 0.05) is 7.05 Å². The molecule has 0 saturated heterocycles. The summed E-state index contributed by atoms with van der Waals surface area (Å²) < 4.78 is 24.4. The number of rotatable bonds is 8. The number of carbonyl (C=O) groups excluding carboxylic acids is 1. The molecule has 1 aromatic heterocycles. The zero-order valence-corrected chi connectivity index (χ0v) is 20.8. The van der Waals surface area contributed by atoms with E-state index >= 15 is 0 Å². The molecule has 7 nitrogen and oxygen atoms in total. The molecular weight excluding hydrogens is 522 g/mol. The van der Waals surface area contributed by atoms with Crippen LogP contribution in [0, 0.1) is 12.7 Å². The van der Waals surface area contributed by atoms with Crippen molar-refractivity contribution in [1.82, 2.24) is 15.6 Å². The van der Waals surface area contributed by atoms with Gasteiger partial charge < -0.3 is 20.1 Å². The van der Waals surface area contributed by atoms with Crippen molar-refractivity contribution < 1.29 is 18.7 Å². The van der Waals surface area contributed by atoms with Crippen LogP contribution >= 0.6 is 35.3 Å². The molecule has 10 heteroatoms. The monoisotopic (exact) mass is 550 g/mol. The maximum atomic E-state index is 13.7. The van der Waals surface area contributed by atoms with Crippen LogP contribution in [0.2, 0.25) is 0 Å². The molecule has 0 amide bonds. The van der Waals surface area contributed by atoms with Crippen molar-refractivity contribution in [3.8, 4) is 5.75 Å². The average molecular weight is 550 g/mol. The molecule has 1 aromatic carbocycles. The SMILES string of the molecule is CCOC(=O)c1sc(C(C)NC(=NC)NCC(C)Oc2ccccc2F)nc1C.I. The number of aromatic nitrogens is 1. The van der Waals surface area contributed by atoms with Crippen LogP contribution in [0.3, 0.4) is 0 Å². The van der Waals surface area contributed by atoms with E-state index in [1.54, 1.807) is 39.1 Å². The highest BCUT2D eigenvalue weighted by Gasteiger charge is 2.20. The summed E-state index contributed by atoms with van der Waals surface area (Å²) in [6, 6.07) is 6.12. The summed E-state index contributed by atoms with van der Waals surface area (Å²) in [5, 5.41) is 7.13. The Labute approximate surface area is 197 Å². The van der Waals surface area contributed by atoms with Gasteiger partial charge in [0.1, 0.15) is 16.0 Å². The third-order valence-electron chi connectivity index (χ3n) is 3.94. The second-order valence-electron chi connectivity index (χ2n) is 6.37. The van der Waals surface area contributed by atoms with E-state index in [0.29, 0.717) is 29.7 Å². The van der Waals surface area contributed by atoms with E-state index in [4.69, 9.17) is 9.47 Å². The Hall–Kier alpha value is -1.95. The molecule has 30 heavy (non-hydrogen) atoms. The highest BCUT2D eigenvalue weighted by atomic mass is 127. The summed E-state index contributed by atoms with van der Waals surface area (Å²) in [4.78, 5) is 21.1. The molecule has 0 aliphatic rings. The topological polar surface area (TPSA) is 84.8 Å². The van der Waals surface area contributed by atoms with Gasteiger partial charge in [-0.25, -0.2) is 14.2 Å². The lowest BCUT2D eigenvalue weighted by molar-refractivity contribution is 0.0531. The Morgan fingerprint density at radius 3 is 2.67 bits per heavy atom. The van der Waals surface area contributed by atoms with Gasteiger partial charge in [-0.1, -0.05) is 12.1 Å². The van der Waals surface area contributed by atoms with E-state index in [-0.39, 0.29) is 47.8 Å². The van der Waals surface area contributed by atoms with E-state index < -0.39 is 5.82 Å². The highest BCUT2D eigenvalue weighted by Crippen LogP contribution is 2.24. The first kappa shape index (κ1) is 26.1. The summed E-state index contributed by atoms with van der Waals surface area (Å²) in [6.07, 6.45) is -0.279. The number of esters is 1. The highest BCUT2D eigenvalue weighted by molar-refractivity contribution is 14.0. The molecule has 0 aliphatic heterocycles. The molecule has 0 radical (unpaired) electrons. The largest absolute Gasteiger partial charge is 0.486 e. The Bertz CT molecular complexity index is 862. The van der Waals surface area contributed by atoms with E-state index in [1.165, 1.54) is 17.4 Å². The number of carbonyl (C=O) groups is 1. The van der Waals surface area contributed by atoms with Crippen LogP contribution in [0.4, 0.5) is 4.39 Å². The smallest absolute Gasteiger partial charge is 0.350 e. The molecule has 2 atom stereocenters. The minimum Gasteiger partial charge on any atom is -0.486 e. The average Bonchev–Trinajstić information content (AvgIpc) is 3.09. The molecule has 2 N–H and O–H groups in total. The third-order valence-corrected chi connectivity index (χ3v) is 5.26. The number of hydrogen-bond donors (Lipinski definition) is 2. The first-order valence-corrected chi connectivity index (χ1v) is 10.2. The summed E-state index contributed by atoms with van der Waals surface area (Å²) in [6.45, 7) is 8.07. The second kappa shape index (κ2) is 12.7. The van der Waals surface area contributed by atoms with Gasteiger partial charge in [-0.3, -0.25) is 4.99 Å². The maximum Gasteiger partial charge on any atom is 0.350 e. The standard InChI is InChI=1S/C20H27FN4O3S.HI/c1-6-27-19(26)17-13(3)24-18(29-17)14(4)25-20(22-5)23-11-12(2)28-16-10-8-7-9-15(16)21;/h7-10,12,14H,6,11H2,1-5H3,(H2,22,23,25);1H. The fourth-order valence-corrected chi connectivity index (χ4v) is 3.45. The van der Waals surface area contributed by atoms with Crippen molar-refractivity contribution in [3.05, 3.63) is 45.7 Å². The number of para-hydroxylation sites is 1. The lowest BCUT2D eigenvalue weighted by Gasteiger charge is -2.20. The molecule has 0 saturated carbocycles. The van der Waals surface area contributed by atoms with Gasteiger partial charge in [-0.05, 0) is 39.8 Å². The number of halogens is 2. The lowest BCUT2D eigenvalue weighted by Crippen LogP contribution is -2.42. The van der Waals surface area contributed by atoms with Crippen molar-refractivity contribution in [2.45, 2.75) is 39.8 Å². The number of ether oxygens (including phenoxy) is 2. The van der Waals surface area contributed by atoms with Gasteiger partial charge in [-0.15, -0.1) is 35.3 Å². The van der Waals surface area contributed by atoms with Gasteiger partial charge >= 0.3 is 5.97 Å². The third kappa shape index (κ3) is 7.38. The summed E-state index contributed by atoms with van der Waals surface area (Å²) in [7, 11) is 1.65. The number of guanidine groups is 1. The summed E-state index contributed by atoms with van der Waals surface area (Å²) in [5.41, 5.74) is 0.645. The van der Waals surface area contributed by atoms with Crippen LogP contribution in [0.1, 0.15) is 47.2 Å². The van der Waals surface area contributed by atoms with Crippen LogP contribution < -0.4 is 15.4 Å². The van der Waals surface area contributed by atoms with Crippen LogP contribution in [-0.4, -0.2) is 43.2 Å². The number of aryl methyl sites for hydroxylation is 1. The van der Waals surface area contributed by atoms with Crippen molar-refractivity contribution in [2.24, 2.45) is 4.99 Å².